The molecule has 6 rings (SSSR count). The third-order valence-corrected chi connectivity index (χ3v) is 8.23. The van der Waals surface area contributed by atoms with E-state index in [1.165, 1.54) is 6.07 Å². The smallest absolute Gasteiger partial charge is 0.186 e. The van der Waals surface area contributed by atoms with Crippen molar-refractivity contribution in [3.8, 4) is 0 Å². The van der Waals surface area contributed by atoms with Crippen LogP contribution in [0.25, 0.3) is 0 Å². The maximum absolute atomic E-state index is 13.3. The summed E-state index contributed by atoms with van der Waals surface area (Å²) in [7, 11) is -3.70. The molecule has 0 aromatic heterocycles. The Morgan fingerprint density at radius 3 is 2.26 bits per heavy atom. The minimum absolute atomic E-state index is 0.0830. The number of para-hydroxylation sites is 2. The second-order valence-electron chi connectivity index (χ2n) is 7.84. The van der Waals surface area contributed by atoms with Crippen molar-refractivity contribution >= 4 is 27.0 Å². The van der Waals surface area contributed by atoms with E-state index in [1.54, 1.807) is 60.7 Å². The topological polar surface area (TPSA) is 54.5 Å². The van der Waals surface area contributed by atoms with E-state index in [0.29, 0.717) is 28.2 Å². The molecular weight excluding hydrogens is 406 g/mol. The van der Waals surface area contributed by atoms with Crippen LogP contribution in [0.3, 0.4) is 0 Å². The average molecular weight is 436 g/mol. The highest BCUT2D eigenvalue weighted by molar-refractivity contribution is 7.92. The standard InChI is InChI=1S/C26H19NO3S.2H2/c28-26-20-9-3-6-12-24(20)31(29,30)25-14-13-19(16-21(25)26)27-22-10-4-1-7-17(22)15-18-8-2-5-11-23(18)27;;/h1-14,16,21,25H,15H2;2*1H/i15D2;2*1+1D. The molecule has 0 saturated heterocycles. The van der Waals surface area contributed by atoms with Gasteiger partial charge in [0.25, 0.3) is 0 Å². The number of carbonyl (C=O) groups excluding carboxylic acids is 1. The molecule has 31 heavy (non-hydrogen) atoms. The fourth-order valence-corrected chi connectivity index (χ4v) is 6.57. The first-order valence-corrected chi connectivity index (χ1v) is 11.6. The molecule has 156 valence electrons. The zero-order valence-electron chi connectivity index (χ0n) is 22.4. The largest absolute Gasteiger partial charge is 0.310 e. The third-order valence-electron chi connectivity index (χ3n) is 6.10. The van der Waals surface area contributed by atoms with Gasteiger partial charge in [-0.3, -0.25) is 4.79 Å². The van der Waals surface area contributed by atoms with Crippen LogP contribution in [0.4, 0.5) is 11.4 Å². The maximum Gasteiger partial charge on any atom is 0.186 e. The van der Waals surface area contributed by atoms with E-state index in [2.05, 4.69) is 0 Å². The number of hydrogen-bond acceptors (Lipinski definition) is 4. The van der Waals surface area contributed by atoms with Crippen LogP contribution in [0, 0.1) is 5.92 Å². The molecule has 0 bridgehead atoms. The first-order chi connectivity index (χ1) is 17.8. The van der Waals surface area contributed by atoms with E-state index in [1.807, 2.05) is 29.2 Å². The number of ketones is 1. The Balaban J connectivity index is 0.000000765. The second-order valence-corrected chi connectivity index (χ2v) is 9.92. The molecular formula is C26H23NO3S. The summed E-state index contributed by atoms with van der Waals surface area (Å²) in [4.78, 5) is 15.3. The van der Waals surface area contributed by atoms with E-state index in [0.717, 1.165) is 0 Å². The summed E-state index contributed by atoms with van der Waals surface area (Å²) >= 11 is 0. The Bertz CT molecular complexity index is 1470. The first kappa shape index (κ1) is 14.5. The van der Waals surface area contributed by atoms with Crippen LogP contribution in [-0.4, -0.2) is 19.5 Å². The van der Waals surface area contributed by atoms with Gasteiger partial charge >= 0.3 is 0 Å². The fourth-order valence-electron chi connectivity index (χ4n) is 4.66. The SMILES string of the molecule is [2H]C1([2H])c2ccccc2N(C2=CC3C(=O)c4ccccc4S(=O)(=O)C3C=C2)c2ccccc21.[2H][2H].[2H][2H]. The quantitative estimate of drug-likeness (QED) is 0.518. The molecule has 0 radical (unpaired) electrons. The number of nitrogens with zero attached hydrogens (tertiary/aromatic N) is 1. The molecule has 0 saturated carbocycles. The Morgan fingerprint density at radius 2 is 1.55 bits per heavy atom. The van der Waals surface area contributed by atoms with Gasteiger partial charge in [0, 0.05) is 37.7 Å². The van der Waals surface area contributed by atoms with Gasteiger partial charge in [-0.05, 0) is 41.5 Å². The molecule has 2 unspecified atom stereocenters. The van der Waals surface area contributed by atoms with Crippen molar-refractivity contribution in [2.45, 2.75) is 16.5 Å². The summed E-state index contributed by atoms with van der Waals surface area (Å²) in [6, 6.07) is 20.9. The van der Waals surface area contributed by atoms with Gasteiger partial charge in [0.1, 0.15) is 0 Å². The van der Waals surface area contributed by atoms with Crippen molar-refractivity contribution < 1.29 is 21.9 Å². The molecule has 3 aromatic carbocycles. The molecule has 2 atom stereocenters. The first-order valence-electron chi connectivity index (χ1n) is 13.1. The van der Waals surface area contributed by atoms with Crippen molar-refractivity contribution in [2.24, 2.45) is 5.92 Å². The van der Waals surface area contributed by atoms with Gasteiger partial charge in [-0.1, -0.05) is 60.7 Å². The lowest BCUT2D eigenvalue weighted by molar-refractivity contribution is 0.0938. The molecule has 2 heterocycles. The summed E-state index contributed by atoms with van der Waals surface area (Å²) in [5.41, 5.74) is 3.25. The predicted octanol–water partition coefficient (Wildman–Crippen LogP) is 5.33. The zero-order chi connectivity index (χ0) is 27.0. The molecule has 3 aromatic rings. The molecule has 0 amide bonds. The number of rotatable bonds is 1. The summed E-state index contributed by atoms with van der Waals surface area (Å²) in [6.45, 7) is 0. The van der Waals surface area contributed by atoms with E-state index >= 15 is 0 Å². The molecule has 2 aliphatic heterocycles. The van der Waals surface area contributed by atoms with Gasteiger partial charge in [-0.25, -0.2) is 8.42 Å². The number of allylic oxidation sites excluding steroid dienone is 2. The van der Waals surface area contributed by atoms with Crippen molar-refractivity contribution in [3.63, 3.8) is 0 Å². The molecule has 0 fully saturated rings. The van der Waals surface area contributed by atoms with Gasteiger partial charge in [0.05, 0.1) is 16.1 Å². The lowest BCUT2D eigenvalue weighted by Crippen LogP contribution is -2.40. The summed E-state index contributed by atoms with van der Waals surface area (Å²) < 4.78 is 64.1. The lowest BCUT2D eigenvalue weighted by Gasteiger charge is -2.37. The normalized spacial score (nSPS) is 25.7. The minimum Gasteiger partial charge on any atom is -0.310 e. The predicted molar refractivity (Wildman–Crippen MR) is 125 cm³/mol. The lowest BCUT2D eigenvalue weighted by atomic mass is 9.88. The van der Waals surface area contributed by atoms with Crippen molar-refractivity contribution in [2.75, 3.05) is 4.90 Å². The minimum atomic E-state index is -3.70. The summed E-state index contributed by atoms with van der Waals surface area (Å²) in [6.07, 6.45) is 3.36. The monoisotopic (exact) mass is 435 g/mol. The van der Waals surface area contributed by atoms with Crippen LogP contribution in [0.5, 0.6) is 0 Å². The third kappa shape index (κ3) is 2.60. The van der Waals surface area contributed by atoms with Crippen molar-refractivity contribution in [1.29, 1.82) is 0 Å². The Kier molecular flexibility index (Phi) is 3.06. The van der Waals surface area contributed by atoms with Gasteiger partial charge in [0.15, 0.2) is 15.6 Å². The molecule has 0 spiro atoms. The number of Topliss-reactive ketones (excluding diaryl/α,β-unsaturated/α-hetero) is 1. The van der Waals surface area contributed by atoms with E-state index < -0.39 is 27.4 Å². The number of sulfone groups is 1. The number of benzene rings is 3. The highest BCUT2D eigenvalue weighted by atomic mass is 32.2. The number of anilines is 2. The van der Waals surface area contributed by atoms with Gasteiger partial charge in [-0.2, -0.15) is 0 Å². The van der Waals surface area contributed by atoms with Crippen LogP contribution < -0.4 is 4.90 Å². The van der Waals surface area contributed by atoms with E-state index in [-0.39, 0.29) is 16.2 Å². The zero-order valence-corrected chi connectivity index (χ0v) is 17.2. The van der Waals surface area contributed by atoms with Gasteiger partial charge < -0.3 is 4.90 Å². The van der Waals surface area contributed by atoms with Gasteiger partial charge in [0.2, 0.25) is 0 Å². The average Bonchev–Trinajstić information content (AvgIpc) is 2.94. The molecule has 0 N–H and O–H groups in total. The van der Waals surface area contributed by atoms with E-state index in [4.69, 9.17) is 8.68 Å². The van der Waals surface area contributed by atoms with Crippen LogP contribution in [0.15, 0.2) is 102 Å². The number of fused-ring (bicyclic) bond motifs is 4. The Morgan fingerprint density at radius 1 is 0.935 bits per heavy atom. The summed E-state index contributed by atoms with van der Waals surface area (Å²) in [5.74, 6) is -1.07. The number of carbonyl (C=O) groups is 1. The van der Waals surface area contributed by atoms with Crippen LogP contribution in [0.2, 0.25) is 0 Å². The fraction of sp³-hybridized carbons (Fsp3) is 0.115. The second kappa shape index (κ2) is 6.53. The Hall–Kier alpha value is -3.44. The molecule has 5 heteroatoms. The number of hydrogen-bond donors (Lipinski definition) is 0. The Labute approximate surface area is 190 Å². The molecule has 1 aliphatic carbocycles. The highest BCUT2D eigenvalue weighted by Gasteiger charge is 2.45. The maximum atomic E-state index is 13.3. The highest BCUT2D eigenvalue weighted by Crippen LogP contribution is 2.44. The van der Waals surface area contributed by atoms with Crippen LogP contribution >= 0.6 is 0 Å². The van der Waals surface area contributed by atoms with E-state index in [9.17, 15) is 13.2 Å². The summed E-state index contributed by atoms with van der Waals surface area (Å²) in [5, 5.41) is -0.953. The van der Waals surface area contributed by atoms with Crippen molar-refractivity contribution in [3.05, 3.63) is 113 Å². The molecule has 4 nitrogen and oxygen atoms in total. The molecule has 3 aliphatic rings. The van der Waals surface area contributed by atoms with Crippen LogP contribution in [0.1, 0.15) is 30.2 Å². The van der Waals surface area contributed by atoms with Crippen LogP contribution in [-0.2, 0) is 16.2 Å². The van der Waals surface area contributed by atoms with Gasteiger partial charge in [-0.15, -0.1) is 0 Å². The van der Waals surface area contributed by atoms with Crippen molar-refractivity contribution in [1.82, 2.24) is 0 Å².